The molecule has 2 amide bonds. The molecule has 0 spiro atoms. The van der Waals surface area contributed by atoms with E-state index in [0.29, 0.717) is 5.29 Å². The molecule has 4 aromatic carbocycles. The van der Waals surface area contributed by atoms with Crippen molar-refractivity contribution >= 4 is 45.6 Å². The summed E-state index contributed by atoms with van der Waals surface area (Å²) in [5, 5.41) is 3.45. The lowest BCUT2D eigenvalue weighted by Crippen LogP contribution is -2.36. The van der Waals surface area contributed by atoms with Gasteiger partial charge in [-0.3, -0.25) is 9.59 Å². The highest BCUT2D eigenvalue weighted by Gasteiger charge is 2.43. The van der Waals surface area contributed by atoms with E-state index < -0.39 is 24.5 Å². The van der Waals surface area contributed by atoms with Crippen molar-refractivity contribution in [1.82, 2.24) is 0 Å². The Morgan fingerprint density at radius 1 is 0.606 bits per heavy atom. The van der Waals surface area contributed by atoms with Crippen molar-refractivity contribution in [3.8, 4) is 0 Å². The number of benzene rings is 4. The minimum atomic E-state index is -2.69. The van der Waals surface area contributed by atoms with Gasteiger partial charge in [-0.25, -0.2) is 9.29 Å². The van der Waals surface area contributed by atoms with Crippen molar-refractivity contribution in [2.24, 2.45) is 0 Å². The van der Waals surface area contributed by atoms with E-state index in [2.05, 4.69) is 0 Å². The minimum absolute atomic E-state index is 0.00483. The Hall–Kier alpha value is -3.75. The van der Waals surface area contributed by atoms with Gasteiger partial charge >= 0.3 is 0 Å². The van der Waals surface area contributed by atoms with Gasteiger partial charge in [0, 0.05) is 5.29 Å². The largest absolute Gasteiger partial charge is 0.274 e. The maximum Gasteiger partial charge on any atom is 0.262 e. The third-order valence-electron chi connectivity index (χ3n) is 5.95. The summed E-state index contributed by atoms with van der Waals surface area (Å²) in [6.07, 6.45) is -0.0559. The molecule has 3 nitrogen and oxygen atoms in total. The Balaban J connectivity index is 1.90. The van der Waals surface area contributed by atoms with Crippen molar-refractivity contribution in [1.29, 1.82) is 0 Å². The number of para-hydroxylation sites is 1. The molecule has 162 valence electrons. The van der Waals surface area contributed by atoms with Crippen molar-refractivity contribution in [2.45, 2.75) is 6.42 Å². The van der Waals surface area contributed by atoms with Crippen molar-refractivity contribution in [2.75, 3.05) is 4.90 Å². The molecule has 0 atom stereocenters. The maximum atomic E-state index is 14.6. The summed E-state index contributed by atoms with van der Waals surface area (Å²) in [6, 6.07) is 35.5. The van der Waals surface area contributed by atoms with Crippen LogP contribution in [0.3, 0.4) is 0 Å². The molecule has 0 saturated carbocycles. The Kier molecular flexibility index (Phi) is 5.53. The lowest BCUT2D eigenvalue weighted by atomic mass is 10.3. The highest BCUT2D eigenvalue weighted by molar-refractivity contribution is 7.96. The van der Waals surface area contributed by atoms with Gasteiger partial charge in [-0.1, -0.05) is 103 Å². The Morgan fingerprint density at radius 2 is 1.03 bits per heavy atom. The molecule has 5 heteroatoms. The summed E-state index contributed by atoms with van der Waals surface area (Å²) in [6.45, 7) is -2.69. The molecule has 0 aliphatic carbocycles. The minimum Gasteiger partial charge on any atom is -0.274 e. The molecule has 1 heterocycles. The van der Waals surface area contributed by atoms with Crippen LogP contribution in [-0.4, -0.2) is 17.1 Å². The van der Waals surface area contributed by atoms with Gasteiger partial charge < -0.3 is 0 Å². The summed E-state index contributed by atoms with van der Waals surface area (Å²) >= 11 is 0. The molecule has 0 radical (unpaired) electrons. The second-order valence-electron chi connectivity index (χ2n) is 7.79. The standard InChI is InChI=1S/C28H21FNO2P/c29-24-18-10-11-19-25(24)30-27(31)20-26(28(30)32)33(21-12-4-1-5-13-21,22-14-6-2-7-15-22)23-16-8-3-9-17-23/h1-19H,20H2. The van der Waals surface area contributed by atoms with Gasteiger partial charge in [0.2, 0.25) is 5.91 Å². The molecule has 1 aliphatic rings. The molecule has 4 aromatic rings. The van der Waals surface area contributed by atoms with E-state index in [1.165, 1.54) is 12.1 Å². The first-order valence-corrected chi connectivity index (χ1v) is 12.5. The van der Waals surface area contributed by atoms with Crippen LogP contribution in [0.1, 0.15) is 6.42 Å². The Bertz CT molecular complexity index is 1280. The van der Waals surface area contributed by atoms with Crippen LogP contribution in [0, 0.1) is 5.82 Å². The first-order valence-electron chi connectivity index (χ1n) is 10.7. The predicted octanol–water partition coefficient (Wildman–Crippen LogP) is 4.26. The van der Waals surface area contributed by atoms with Crippen molar-refractivity contribution in [3.05, 3.63) is 121 Å². The van der Waals surface area contributed by atoms with Crippen molar-refractivity contribution < 1.29 is 14.0 Å². The summed E-state index contributed by atoms with van der Waals surface area (Å²) in [5.74, 6) is -1.44. The number of anilines is 1. The molecule has 1 aliphatic heterocycles. The zero-order valence-corrected chi connectivity index (χ0v) is 18.7. The van der Waals surface area contributed by atoms with E-state index in [0.717, 1.165) is 20.8 Å². The molecular weight excluding hydrogens is 432 g/mol. The number of halogens is 1. The molecule has 0 unspecified atom stereocenters. The van der Waals surface area contributed by atoms with Crippen LogP contribution in [0.2, 0.25) is 0 Å². The Morgan fingerprint density at radius 3 is 1.48 bits per heavy atom. The Labute approximate surface area is 192 Å². The van der Waals surface area contributed by atoms with E-state index in [4.69, 9.17) is 0 Å². The van der Waals surface area contributed by atoms with E-state index in [9.17, 15) is 14.0 Å². The fraction of sp³-hybridized carbons (Fsp3) is 0.0357. The van der Waals surface area contributed by atoms with Crippen LogP contribution in [0.5, 0.6) is 0 Å². The predicted molar refractivity (Wildman–Crippen MR) is 134 cm³/mol. The zero-order valence-electron chi connectivity index (χ0n) is 17.8. The smallest absolute Gasteiger partial charge is 0.262 e. The molecule has 0 aromatic heterocycles. The van der Waals surface area contributed by atoms with Crippen LogP contribution >= 0.6 is 6.89 Å². The number of carbonyl (C=O) groups excluding carboxylic acids is 2. The average molecular weight is 453 g/mol. The lowest BCUT2D eigenvalue weighted by Gasteiger charge is -2.31. The maximum absolute atomic E-state index is 14.6. The molecule has 5 rings (SSSR count). The first-order chi connectivity index (χ1) is 16.1. The fourth-order valence-corrected chi connectivity index (χ4v) is 9.00. The third-order valence-corrected chi connectivity index (χ3v) is 10.3. The molecule has 0 bridgehead atoms. The highest BCUT2D eigenvalue weighted by Crippen LogP contribution is 2.48. The number of rotatable bonds is 4. The number of hydrogen-bond acceptors (Lipinski definition) is 2. The summed E-state index contributed by atoms with van der Waals surface area (Å²) in [5.41, 5.74) is -0.00483. The number of nitrogens with zero attached hydrogens (tertiary/aromatic N) is 1. The van der Waals surface area contributed by atoms with E-state index >= 15 is 0 Å². The SMILES string of the molecule is O=C1CC(=P(c2ccccc2)(c2ccccc2)c2ccccc2)C(=O)N1c1ccccc1F. The number of imide groups is 1. The van der Waals surface area contributed by atoms with Gasteiger partial charge in [-0.05, 0) is 34.9 Å². The van der Waals surface area contributed by atoms with Gasteiger partial charge in [-0.2, -0.15) is 0 Å². The monoisotopic (exact) mass is 453 g/mol. The highest BCUT2D eigenvalue weighted by atomic mass is 31.2. The second kappa shape index (κ2) is 8.65. The molecule has 1 saturated heterocycles. The normalized spacial score (nSPS) is 14.1. The van der Waals surface area contributed by atoms with Crippen LogP contribution in [-0.2, 0) is 9.59 Å². The molecule has 0 N–H and O–H groups in total. The average Bonchev–Trinajstić information content (AvgIpc) is 3.16. The quantitative estimate of drug-likeness (QED) is 0.342. The molecule has 1 fully saturated rings. The van der Waals surface area contributed by atoms with Crippen LogP contribution in [0.4, 0.5) is 10.1 Å². The fourth-order valence-electron chi connectivity index (χ4n) is 4.55. The van der Waals surface area contributed by atoms with Crippen LogP contribution in [0.15, 0.2) is 115 Å². The second-order valence-corrected chi connectivity index (χ2v) is 11.2. The topological polar surface area (TPSA) is 37.4 Å². The van der Waals surface area contributed by atoms with Gasteiger partial charge in [0.05, 0.1) is 12.1 Å². The van der Waals surface area contributed by atoms with E-state index in [1.54, 1.807) is 12.1 Å². The third kappa shape index (κ3) is 3.44. The van der Waals surface area contributed by atoms with Gasteiger partial charge in [-0.15, -0.1) is 0 Å². The zero-order chi connectivity index (χ0) is 22.8. The molecule has 33 heavy (non-hydrogen) atoms. The summed E-state index contributed by atoms with van der Waals surface area (Å²) in [4.78, 5) is 28.2. The van der Waals surface area contributed by atoms with Crippen LogP contribution in [0.25, 0.3) is 0 Å². The van der Waals surface area contributed by atoms with E-state index in [-0.39, 0.29) is 12.1 Å². The summed E-state index contributed by atoms with van der Waals surface area (Å²) < 4.78 is 14.6. The first kappa shape index (κ1) is 21.1. The number of carbonyl (C=O) groups is 2. The van der Waals surface area contributed by atoms with E-state index in [1.807, 2.05) is 91.0 Å². The summed E-state index contributed by atoms with van der Waals surface area (Å²) in [7, 11) is 0. The number of hydrogen-bond donors (Lipinski definition) is 0. The molecular formula is C28H21FNO2P. The lowest BCUT2D eigenvalue weighted by molar-refractivity contribution is -0.120. The van der Waals surface area contributed by atoms with Gasteiger partial charge in [0.15, 0.2) is 0 Å². The number of amides is 2. The van der Waals surface area contributed by atoms with Crippen molar-refractivity contribution in [3.63, 3.8) is 0 Å². The van der Waals surface area contributed by atoms with Crippen LogP contribution < -0.4 is 20.8 Å². The van der Waals surface area contributed by atoms with Gasteiger partial charge in [0.1, 0.15) is 5.82 Å². The van der Waals surface area contributed by atoms with Gasteiger partial charge in [0.25, 0.3) is 5.91 Å².